The number of rotatable bonds is 5. The maximum atomic E-state index is 13.0. The minimum Gasteiger partial charge on any atom is -0.398 e. The molecule has 0 spiro atoms. The van der Waals surface area contributed by atoms with E-state index in [0.717, 1.165) is 6.29 Å². The van der Waals surface area contributed by atoms with Gasteiger partial charge in [-0.1, -0.05) is 24.3 Å². The second-order valence-corrected chi connectivity index (χ2v) is 7.48. The Balaban J connectivity index is 1.83. The molecule has 0 saturated carbocycles. The molecule has 0 aromatic heterocycles. The molecule has 1 fully saturated rings. The summed E-state index contributed by atoms with van der Waals surface area (Å²) in [5.41, 5.74) is 6.82. The van der Waals surface area contributed by atoms with Gasteiger partial charge in [0.1, 0.15) is 6.29 Å². The highest BCUT2D eigenvalue weighted by atomic mass is 32.2. The van der Waals surface area contributed by atoms with E-state index in [9.17, 15) is 13.8 Å². The number of benzene rings is 2. The molecular weight excluding hydrogens is 350 g/mol. The molecule has 0 aliphatic carbocycles. The molecule has 0 bridgehead atoms. The van der Waals surface area contributed by atoms with Crippen molar-refractivity contribution < 1.29 is 13.8 Å². The van der Waals surface area contributed by atoms with Crippen molar-refractivity contribution in [3.63, 3.8) is 0 Å². The summed E-state index contributed by atoms with van der Waals surface area (Å²) >= 11 is 0. The lowest BCUT2D eigenvalue weighted by Crippen LogP contribution is -2.49. The molecule has 1 amide bonds. The second-order valence-electron chi connectivity index (χ2n) is 6.06. The van der Waals surface area contributed by atoms with Crippen LogP contribution in [0.15, 0.2) is 58.3 Å². The average molecular weight is 371 g/mol. The van der Waals surface area contributed by atoms with Crippen LogP contribution in [0.1, 0.15) is 10.4 Å². The van der Waals surface area contributed by atoms with Gasteiger partial charge >= 0.3 is 0 Å². The molecule has 1 saturated heterocycles. The average Bonchev–Trinajstić information content (AvgIpc) is 2.68. The van der Waals surface area contributed by atoms with Gasteiger partial charge in [0.05, 0.1) is 32.7 Å². The van der Waals surface area contributed by atoms with Gasteiger partial charge in [-0.2, -0.15) is 0 Å². The third kappa shape index (κ3) is 3.84. The molecule has 1 aliphatic rings. The summed E-state index contributed by atoms with van der Waals surface area (Å²) in [6.45, 7) is 2.78. The number of nitrogens with zero attached hydrogens (tertiary/aromatic N) is 2. The maximum Gasteiger partial charge on any atom is 0.255 e. The largest absolute Gasteiger partial charge is 0.398 e. The van der Waals surface area contributed by atoms with Gasteiger partial charge in [-0.15, -0.1) is 0 Å². The van der Waals surface area contributed by atoms with Crippen molar-refractivity contribution in [1.29, 1.82) is 0 Å². The highest BCUT2D eigenvalue weighted by Crippen LogP contribution is 2.25. The van der Waals surface area contributed by atoms with E-state index in [1.807, 2.05) is 4.90 Å². The van der Waals surface area contributed by atoms with E-state index in [2.05, 4.69) is 0 Å². The molecule has 2 aromatic rings. The van der Waals surface area contributed by atoms with Crippen molar-refractivity contribution in [2.45, 2.75) is 9.79 Å². The molecule has 7 heteroatoms. The Bertz CT molecular complexity index is 832. The van der Waals surface area contributed by atoms with E-state index < -0.39 is 10.8 Å². The zero-order valence-electron chi connectivity index (χ0n) is 14.3. The molecular formula is C19H21N3O3S. The summed E-state index contributed by atoms with van der Waals surface area (Å²) in [6.07, 6.45) is 0.875. The smallest absolute Gasteiger partial charge is 0.255 e. The van der Waals surface area contributed by atoms with E-state index in [4.69, 9.17) is 5.73 Å². The molecule has 136 valence electrons. The lowest BCUT2D eigenvalue weighted by atomic mass is 10.2. The molecule has 3 rings (SSSR count). The topological polar surface area (TPSA) is 83.7 Å². The Kier molecular flexibility index (Phi) is 5.80. The van der Waals surface area contributed by atoms with E-state index in [1.54, 1.807) is 53.4 Å². The van der Waals surface area contributed by atoms with Gasteiger partial charge in [-0.3, -0.25) is 9.69 Å². The number of amides is 1. The van der Waals surface area contributed by atoms with Gasteiger partial charge in [0.15, 0.2) is 0 Å². The van der Waals surface area contributed by atoms with Crippen LogP contribution in [0.2, 0.25) is 0 Å². The van der Waals surface area contributed by atoms with Crippen LogP contribution in [0.3, 0.4) is 0 Å². The molecule has 0 radical (unpaired) electrons. The highest BCUT2D eigenvalue weighted by Gasteiger charge is 2.25. The summed E-state index contributed by atoms with van der Waals surface area (Å²) in [7, 11) is -1.53. The fourth-order valence-corrected chi connectivity index (χ4v) is 4.26. The number of piperazine rings is 1. The molecule has 6 nitrogen and oxygen atoms in total. The number of nitrogens with two attached hydrogens (primary N) is 1. The number of para-hydroxylation sites is 1. The molecule has 2 aromatic carbocycles. The molecule has 1 heterocycles. The van der Waals surface area contributed by atoms with E-state index >= 15 is 0 Å². The third-order valence-corrected chi connectivity index (χ3v) is 5.95. The molecule has 2 N–H and O–H groups in total. The summed E-state index contributed by atoms with van der Waals surface area (Å²) in [4.78, 5) is 28.3. The quantitative estimate of drug-likeness (QED) is 0.634. The van der Waals surface area contributed by atoms with Crippen LogP contribution in [-0.4, -0.2) is 58.9 Å². The van der Waals surface area contributed by atoms with Crippen molar-refractivity contribution in [1.82, 2.24) is 9.80 Å². The Morgan fingerprint density at radius 1 is 1.00 bits per heavy atom. The van der Waals surface area contributed by atoms with Crippen molar-refractivity contribution in [2.24, 2.45) is 0 Å². The maximum absolute atomic E-state index is 13.0. The van der Waals surface area contributed by atoms with Crippen molar-refractivity contribution in [3.05, 3.63) is 54.1 Å². The van der Waals surface area contributed by atoms with Gasteiger partial charge in [0, 0.05) is 31.9 Å². The van der Waals surface area contributed by atoms with Gasteiger partial charge in [0.2, 0.25) is 0 Å². The minimum atomic E-state index is -1.53. The normalized spacial score (nSPS) is 16.2. The number of aldehydes is 1. The Morgan fingerprint density at radius 2 is 1.62 bits per heavy atom. The molecule has 26 heavy (non-hydrogen) atoms. The van der Waals surface area contributed by atoms with Gasteiger partial charge in [0.25, 0.3) is 5.91 Å². The van der Waals surface area contributed by atoms with Crippen molar-refractivity contribution >= 4 is 28.7 Å². The fraction of sp³-hybridized carbons (Fsp3) is 0.263. The van der Waals surface area contributed by atoms with Gasteiger partial charge in [-0.25, -0.2) is 4.21 Å². The van der Waals surface area contributed by atoms with E-state index in [-0.39, 0.29) is 5.91 Å². The van der Waals surface area contributed by atoms with Crippen LogP contribution in [0.5, 0.6) is 0 Å². The van der Waals surface area contributed by atoms with Crippen molar-refractivity contribution in [2.75, 3.05) is 38.5 Å². The van der Waals surface area contributed by atoms with Crippen LogP contribution >= 0.6 is 0 Å². The first-order valence-corrected chi connectivity index (χ1v) is 9.57. The summed E-state index contributed by atoms with van der Waals surface area (Å²) in [5.74, 6) is -0.144. The zero-order chi connectivity index (χ0) is 18.5. The summed E-state index contributed by atoms with van der Waals surface area (Å²) < 4.78 is 13.0. The van der Waals surface area contributed by atoms with E-state index in [0.29, 0.717) is 53.8 Å². The number of hydrogen-bond acceptors (Lipinski definition) is 5. The number of carbonyl (C=O) groups is 2. The number of nitrogen functional groups attached to an aromatic ring is 1. The third-order valence-electron chi connectivity index (χ3n) is 4.43. The van der Waals surface area contributed by atoms with Crippen LogP contribution in [-0.2, 0) is 15.6 Å². The zero-order valence-corrected chi connectivity index (χ0v) is 15.2. The first kappa shape index (κ1) is 18.3. The van der Waals surface area contributed by atoms with Gasteiger partial charge in [-0.05, 0) is 24.3 Å². The lowest BCUT2D eigenvalue weighted by Gasteiger charge is -2.34. The van der Waals surface area contributed by atoms with Crippen LogP contribution in [0, 0.1) is 0 Å². The lowest BCUT2D eigenvalue weighted by molar-refractivity contribution is -0.109. The first-order chi connectivity index (χ1) is 12.6. The Morgan fingerprint density at radius 3 is 2.27 bits per heavy atom. The Hall–Kier alpha value is -2.51. The number of hydrogen-bond donors (Lipinski definition) is 1. The predicted molar refractivity (Wildman–Crippen MR) is 100 cm³/mol. The molecule has 1 aliphatic heterocycles. The minimum absolute atomic E-state index is 0.144. The number of carbonyl (C=O) groups excluding carboxylic acids is 2. The monoisotopic (exact) mass is 371 g/mol. The highest BCUT2D eigenvalue weighted by molar-refractivity contribution is 7.85. The summed E-state index contributed by atoms with van der Waals surface area (Å²) in [6, 6.07) is 13.9. The number of anilines is 1. The van der Waals surface area contributed by atoms with Crippen LogP contribution in [0.25, 0.3) is 0 Å². The summed E-state index contributed by atoms with van der Waals surface area (Å²) in [5, 5.41) is 0. The molecule has 1 unspecified atom stereocenters. The first-order valence-electron chi connectivity index (χ1n) is 8.42. The predicted octanol–water partition coefficient (Wildman–Crippen LogP) is 1.39. The second kappa shape index (κ2) is 8.25. The SMILES string of the molecule is Nc1ccccc1S(=O)c1ccccc1C(=O)N1CCN(CC=O)CC1. The van der Waals surface area contributed by atoms with Crippen molar-refractivity contribution in [3.8, 4) is 0 Å². The van der Waals surface area contributed by atoms with Gasteiger partial charge < -0.3 is 15.4 Å². The van der Waals surface area contributed by atoms with E-state index in [1.165, 1.54) is 0 Å². The fourth-order valence-electron chi connectivity index (χ4n) is 2.98. The standard InChI is InChI=1S/C19H21N3O3S/c20-16-6-2-4-8-18(16)26(25)17-7-3-1-5-15(17)19(24)22-11-9-21(10-12-22)13-14-23/h1-8,14H,9-13,20H2. The Labute approximate surface area is 155 Å². The van der Waals surface area contributed by atoms with Crippen LogP contribution in [0.4, 0.5) is 5.69 Å². The molecule has 1 atom stereocenters. The van der Waals surface area contributed by atoms with Crippen LogP contribution < -0.4 is 5.73 Å².